The van der Waals surface area contributed by atoms with Gasteiger partial charge in [-0.25, -0.2) is 0 Å². The fourth-order valence-corrected chi connectivity index (χ4v) is 1.79. The van der Waals surface area contributed by atoms with E-state index in [0.29, 0.717) is 11.8 Å². The lowest BCUT2D eigenvalue weighted by Crippen LogP contribution is -2.15. The van der Waals surface area contributed by atoms with Crippen LogP contribution in [0.15, 0.2) is 0 Å². The summed E-state index contributed by atoms with van der Waals surface area (Å²) in [4.78, 5) is 0. The molecule has 4 heteroatoms. The summed E-state index contributed by atoms with van der Waals surface area (Å²) < 4.78 is 0. The summed E-state index contributed by atoms with van der Waals surface area (Å²) >= 11 is 0. The second-order valence-corrected chi connectivity index (χ2v) is 3.20. The second-order valence-electron chi connectivity index (χ2n) is 3.20. The number of aliphatic hydroxyl groups excluding tert-OH is 2. The van der Waals surface area contributed by atoms with Gasteiger partial charge in [-0.1, -0.05) is 0 Å². The van der Waals surface area contributed by atoms with Gasteiger partial charge in [0.2, 0.25) is 0 Å². The van der Waals surface area contributed by atoms with E-state index in [0.717, 1.165) is 25.9 Å². The Morgan fingerprint density at radius 1 is 1.00 bits per heavy atom. The zero-order valence-electron chi connectivity index (χ0n) is 7.20. The van der Waals surface area contributed by atoms with Gasteiger partial charge in [0.1, 0.15) is 0 Å². The molecule has 74 valence electrons. The third-order valence-electron chi connectivity index (χ3n) is 2.48. The van der Waals surface area contributed by atoms with Gasteiger partial charge in [0.15, 0.2) is 0 Å². The van der Waals surface area contributed by atoms with E-state index in [1.54, 1.807) is 0 Å². The van der Waals surface area contributed by atoms with Gasteiger partial charge in [-0.3, -0.25) is 0 Å². The number of halogens is 1. The monoisotopic (exact) mass is 195 g/mol. The molecule has 3 nitrogen and oxygen atoms in total. The van der Waals surface area contributed by atoms with Crippen LogP contribution in [0.3, 0.4) is 0 Å². The van der Waals surface area contributed by atoms with E-state index in [1.165, 1.54) is 0 Å². The molecule has 0 bridgehead atoms. The van der Waals surface area contributed by atoms with Crippen LogP contribution >= 0.6 is 12.4 Å². The number of nitrogens with one attached hydrogen (secondary N) is 1. The van der Waals surface area contributed by atoms with Gasteiger partial charge in [0.05, 0.1) is 0 Å². The van der Waals surface area contributed by atoms with Crippen LogP contribution in [0.2, 0.25) is 0 Å². The molecule has 1 heterocycles. The highest BCUT2D eigenvalue weighted by atomic mass is 35.5. The van der Waals surface area contributed by atoms with Gasteiger partial charge in [0.25, 0.3) is 0 Å². The van der Waals surface area contributed by atoms with E-state index in [4.69, 9.17) is 10.2 Å². The van der Waals surface area contributed by atoms with E-state index in [2.05, 4.69) is 5.32 Å². The van der Waals surface area contributed by atoms with Gasteiger partial charge >= 0.3 is 0 Å². The fraction of sp³-hybridized carbons (Fsp3) is 1.00. The number of hydrogen-bond donors (Lipinski definition) is 3. The van der Waals surface area contributed by atoms with E-state index < -0.39 is 0 Å². The normalized spacial score (nSPS) is 28.5. The minimum absolute atomic E-state index is 0. The van der Waals surface area contributed by atoms with E-state index in [1.807, 2.05) is 0 Å². The van der Waals surface area contributed by atoms with Crippen LogP contribution in [0.5, 0.6) is 0 Å². The lowest BCUT2D eigenvalue weighted by molar-refractivity contribution is 0.210. The third kappa shape index (κ3) is 3.27. The highest BCUT2D eigenvalue weighted by Gasteiger charge is 2.25. The number of rotatable bonds is 4. The molecule has 12 heavy (non-hydrogen) atoms. The summed E-state index contributed by atoms with van der Waals surface area (Å²) in [6.07, 6.45) is 1.75. The summed E-state index contributed by atoms with van der Waals surface area (Å²) in [6.45, 7) is 2.55. The lowest BCUT2D eigenvalue weighted by Gasteiger charge is -2.15. The van der Waals surface area contributed by atoms with Crippen LogP contribution in [-0.2, 0) is 0 Å². The molecule has 1 aliphatic heterocycles. The molecule has 3 N–H and O–H groups in total. The quantitative estimate of drug-likeness (QED) is 0.593. The molecule has 1 aliphatic rings. The summed E-state index contributed by atoms with van der Waals surface area (Å²) in [7, 11) is 0. The minimum atomic E-state index is 0. The highest BCUT2D eigenvalue weighted by molar-refractivity contribution is 5.85. The molecule has 1 rings (SSSR count). The maximum atomic E-state index is 8.72. The summed E-state index contributed by atoms with van der Waals surface area (Å²) in [6, 6.07) is 0. The van der Waals surface area contributed by atoms with Crippen molar-refractivity contribution in [1.29, 1.82) is 0 Å². The first-order chi connectivity index (χ1) is 5.38. The van der Waals surface area contributed by atoms with Crippen molar-refractivity contribution < 1.29 is 10.2 Å². The minimum Gasteiger partial charge on any atom is -0.396 e. The summed E-state index contributed by atoms with van der Waals surface area (Å²) in [5, 5.41) is 20.7. The first-order valence-corrected chi connectivity index (χ1v) is 4.31. The van der Waals surface area contributed by atoms with Crippen LogP contribution in [0.25, 0.3) is 0 Å². The van der Waals surface area contributed by atoms with E-state index in [-0.39, 0.29) is 25.6 Å². The standard InChI is InChI=1S/C8H17NO2.ClH/c10-3-1-7-5-9-6-8(7)2-4-11;/h7-11H,1-6H2;1H/t7-,8+;. The average molecular weight is 196 g/mol. The van der Waals surface area contributed by atoms with Crippen molar-refractivity contribution in [3.8, 4) is 0 Å². The topological polar surface area (TPSA) is 52.5 Å². The molecule has 0 aromatic rings. The summed E-state index contributed by atoms with van der Waals surface area (Å²) in [5.41, 5.74) is 0. The van der Waals surface area contributed by atoms with Crippen LogP contribution in [-0.4, -0.2) is 36.5 Å². The van der Waals surface area contributed by atoms with Gasteiger partial charge < -0.3 is 15.5 Å². The molecule has 1 saturated heterocycles. The van der Waals surface area contributed by atoms with Crippen molar-refractivity contribution in [1.82, 2.24) is 5.32 Å². The molecule has 0 aromatic carbocycles. The highest BCUT2D eigenvalue weighted by Crippen LogP contribution is 2.22. The van der Waals surface area contributed by atoms with Crippen LogP contribution < -0.4 is 5.32 Å². The summed E-state index contributed by atoms with van der Waals surface area (Å²) in [5.74, 6) is 1.15. The number of aliphatic hydroxyl groups is 2. The van der Waals surface area contributed by atoms with Crippen molar-refractivity contribution in [3.05, 3.63) is 0 Å². The molecule has 2 atom stereocenters. The third-order valence-corrected chi connectivity index (χ3v) is 2.48. The SMILES string of the molecule is Cl.OCC[C@@H]1CNC[C@@H]1CCO. The maximum Gasteiger partial charge on any atom is 0.0434 e. The molecule has 0 spiro atoms. The molecule has 0 aromatic heterocycles. The molecular weight excluding hydrogens is 178 g/mol. The van der Waals surface area contributed by atoms with Crippen LogP contribution in [0.1, 0.15) is 12.8 Å². The predicted molar refractivity (Wildman–Crippen MR) is 50.5 cm³/mol. The van der Waals surface area contributed by atoms with Crippen LogP contribution in [0, 0.1) is 11.8 Å². The van der Waals surface area contributed by atoms with Crippen LogP contribution in [0.4, 0.5) is 0 Å². The zero-order chi connectivity index (χ0) is 8.10. The van der Waals surface area contributed by atoms with Crippen molar-refractivity contribution in [2.24, 2.45) is 11.8 Å². The van der Waals surface area contributed by atoms with Crippen molar-refractivity contribution in [2.45, 2.75) is 12.8 Å². The first kappa shape index (κ1) is 12.2. The second kappa shape index (κ2) is 6.66. The van der Waals surface area contributed by atoms with Gasteiger partial charge in [-0.05, 0) is 37.8 Å². The molecule has 0 radical (unpaired) electrons. The van der Waals surface area contributed by atoms with E-state index in [9.17, 15) is 0 Å². The predicted octanol–water partition coefficient (Wildman–Crippen LogP) is 0.00860. The lowest BCUT2D eigenvalue weighted by atomic mass is 9.91. The Bertz CT molecular complexity index is 101. The molecule has 1 fully saturated rings. The Kier molecular flexibility index (Phi) is 6.76. The first-order valence-electron chi connectivity index (χ1n) is 4.31. The Morgan fingerprint density at radius 2 is 1.42 bits per heavy atom. The molecule has 0 saturated carbocycles. The van der Waals surface area contributed by atoms with Crippen molar-refractivity contribution in [3.63, 3.8) is 0 Å². The number of hydrogen-bond acceptors (Lipinski definition) is 3. The molecule has 0 aliphatic carbocycles. The maximum absolute atomic E-state index is 8.72. The van der Waals surface area contributed by atoms with Crippen molar-refractivity contribution >= 4 is 12.4 Å². The molecular formula is C8H18ClNO2. The Labute approximate surface area is 79.6 Å². The fourth-order valence-electron chi connectivity index (χ4n) is 1.79. The van der Waals surface area contributed by atoms with Gasteiger partial charge in [-0.2, -0.15) is 0 Å². The van der Waals surface area contributed by atoms with E-state index >= 15 is 0 Å². The Balaban J connectivity index is 0.00000121. The molecule has 0 unspecified atom stereocenters. The largest absolute Gasteiger partial charge is 0.396 e. The smallest absolute Gasteiger partial charge is 0.0434 e. The Morgan fingerprint density at radius 3 is 1.75 bits per heavy atom. The Hall–Kier alpha value is 0.170. The van der Waals surface area contributed by atoms with Gasteiger partial charge in [0, 0.05) is 13.2 Å². The zero-order valence-corrected chi connectivity index (χ0v) is 8.02. The molecule has 0 amide bonds. The van der Waals surface area contributed by atoms with Crippen molar-refractivity contribution in [2.75, 3.05) is 26.3 Å². The average Bonchev–Trinajstić information content (AvgIpc) is 2.39. The van der Waals surface area contributed by atoms with Gasteiger partial charge in [-0.15, -0.1) is 12.4 Å².